The van der Waals surface area contributed by atoms with E-state index in [-0.39, 0.29) is 12.5 Å². The summed E-state index contributed by atoms with van der Waals surface area (Å²) in [5.74, 6) is -0.148. The van der Waals surface area contributed by atoms with Crippen LogP contribution in [0, 0.1) is 0 Å². The van der Waals surface area contributed by atoms with Gasteiger partial charge in [0.15, 0.2) is 0 Å². The molecule has 0 rings (SSSR count). The van der Waals surface area contributed by atoms with Crippen LogP contribution in [-0.2, 0) is 4.79 Å². The van der Waals surface area contributed by atoms with Gasteiger partial charge in [0, 0.05) is 6.42 Å². The first-order chi connectivity index (χ1) is 36.1. The fourth-order valence-corrected chi connectivity index (χ4v) is 10.6. The maximum atomic E-state index is 12.6. The zero-order valence-corrected chi connectivity index (χ0v) is 49.5. The Morgan fingerprint density at radius 1 is 0.342 bits per heavy atom. The van der Waals surface area contributed by atoms with Gasteiger partial charge in [0.05, 0.1) is 18.8 Å². The molecule has 5 heteroatoms. The van der Waals surface area contributed by atoms with Crippen LogP contribution in [0.4, 0.5) is 0 Å². The van der Waals surface area contributed by atoms with Gasteiger partial charge in [-0.25, -0.2) is 0 Å². The molecule has 0 radical (unpaired) electrons. The van der Waals surface area contributed by atoms with Crippen molar-refractivity contribution in [3.05, 3.63) is 36.5 Å². The van der Waals surface area contributed by atoms with Crippen molar-refractivity contribution >= 4 is 5.91 Å². The highest BCUT2D eigenvalue weighted by atomic mass is 16.3. The quantitative estimate of drug-likeness (QED) is 0.0361. The van der Waals surface area contributed by atoms with Gasteiger partial charge in [-0.3, -0.25) is 4.79 Å². The summed E-state index contributed by atoms with van der Waals surface area (Å²) >= 11 is 0. The SMILES string of the molecule is CCCCCCCCCCCCC/C=C\C/C=C\CCCCCCCCCCCCCCCCCCCC(=O)NC(CO)C(O)C(O)CCC/C=C/CCCCCCCCCCCCCCCCCCCCC. The Hall–Kier alpha value is -1.43. The first kappa shape index (κ1) is 71.6. The van der Waals surface area contributed by atoms with E-state index in [4.69, 9.17) is 0 Å². The number of aliphatic hydroxyl groups excluding tert-OH is 3. The lowest BCUT2D eigenvalue weighted by Crippen LogP contribution is -2.50. The van der Waals surface area contributed by atoms with Crippen molar-refractivity contribution in [1.29, 1.82) is 0 Å². The van der Waals surface area contributed by atoms with Crippen LogP contribution in [0.3, 0.4) is 0 Å². The number of unbranched alkanes of at least 4 members (excludes halogenated alkanes) is 48. The van der Waals surface area contributed by atoms with E-state index in [0.29, 0.717) is 12.8 Å². The standard InChI is InChI=1S/C68H131NO4/c1-3-5-7-9-11-13-15-17-19-21-23-25-27-29-30-31-32-33-34-35-36-37-38-39-41-43-45-47-49-51-53-55-57-59-61-63-67(72)69-65(64-70)68(73)66(71)62-60-58-56-54-52-50-48-46-44-42-40-28-26-24-22-20-18-16-14-12-10-8-6-4-2/h27,29,31-32,54,56,65-66,68,70-71,73H,3-26,28,30,33-53,55,57-64H2,1-2H3,(H,69,72)/b29-27-,32-31-,56-54+. The largest absolute Gasteiger partial charge is 0.394 e. The van der Waals surface area contributed by atoms with Gasteiger partial charge in [-0.15, -0.1) is 0 Å². The molecule has 0 saturated carbocycles. The van der Waals surface area contributed by atoms with Gasteiger partial charge in [-0.1, -0.05) is 326 Å². The Balaban J connectivity index is 3.50. The van der Waals surface area contributed by atoms with Crippen molar-refractivity contribution in [1.82, 2.24) is 5.32 Å². The third kappa shape index (κ3) is 58.1. The second-order valence-corrected chi connectivity index (χ2v) is 23.0. The van der Waals surface area contributed by atoms with Crippen molar-refractivity contribution in [3.8, 4) is 0 Å². The molecule has 0 fully saturated rings. The molecule has 5 nitrogen and oxygen atoms in total. The Kier molecular flexibility index (Phi) is 61.9. The maximum absolute atomic E-state index is 12.6. The van der Waals surface area contributed by atoms with Crippen LogP contribution in [0.1, 0.15) is 367 Å². The molecule has 0 aromatic heterocycles. The first-order valence-electron chi connectivity index (χ1n) is 33.3. The smallest absolute Gasteiger partial charge is 0.220 e. The van der Waals surface area contributed by atoms with E-state index in [9.17, 15) is 20.1 Å². The van der Waals surface area contributed by atoms with Crippen molar-refractivity contribution in [2.24, 2.45) is 0 Å². The van der Waals surface area contributed by atoms with Crippen LogP contribution < -0.4 is 5.32 Å². The molecule has 0 bridgehead atoms. The van der Waals surface area contributed by atoms with Crippen LogP contribution in [0.25, 0.3) is 0 Å². The van der Waals surface area contributed by atoms with Crippen LogP contribution in [0.15, 0.2) is 36.5 Å². The van der Waals surface area contributed by atoms with Crippen molar-refractivity contribution in [3.63, 3.8) is 0 Å². The predicted octanol–water partition coefficient (Wildman–Crippen LogP) is 21.3. The van der Waals surface area contributed by atoms with Crippen LogP contribution in [0.5, 0.6) is 0 Å². The average Bonchev–Trinajstić information content (AvgIpc) is 3.40. The summed E-state index contributed by atoms with van der Waals surface area (Å²) in [4.78, 5) is 12.6. The van der Waals surface area contributed by atoms with Gasteiger partial charge in [-0.2, -0.15) is 0 Å². The zero-order valence-electron chi connectivity index (χ0n) is 49.5. The minimum Gasteiger partial charge on any atom is -0.394 e. The molecule has 1 amide bonds. The van der Waals surface area contributed by atoms with E-state index in [2.05, 4.69) is 55.6 Å². The number of hydrogen-bond acceptors (Lipinski definition) is 4. The average molecular weight is 1030 g/mol. The van der Waals surface area contributed by atoms with Crippen LogP contribution in [-0.4, -0.2) is 46.1 Å². The van der Waals surface area contributed by atoms with Crippen LogP contribution in [0.2, 0.25) is 0 Å². The normalized spacial score (nSPS) is 13.3. The summed E-state index contributed by atoms with van der Waals surface area (Å²) in [5.41, 5.74) is 0. The van der Waals surface area contributed by atoms with Gasteiger partial charge in [0.1, 0.15) is 6.10 Å². The zero-order chi connectivity index (χ0) is 52.9. The Bertz CT molecular complexity index is 1130. The molecule has 0 aliphatic rings. The van der Waals surface area contributed by atoms with Crippen molar-refractivity contribution in [2.75, 3.05) is 6.61 Å². The van der Waals surface area contributed by atoms with E-state index in [0.717, 1.165) is 44.9 Å². The summed E-state index contributed by atoms with van der Waals surface area (Å²) in [5, 5.41) is 33.9. The summed E-state index contributed by atoms with van der Waals surface area (Å²) in [7, 11) is 0. The molecule has 0 aliphatic carbocycles. The number of aliphatic hydroxyl groups is 3. The van der Waals surface area contributed by atoms with E-state index in [1.165, 1.54) is 295 Å². The van der Waals surface area contributed by atoms with E-state index in [1.54, 1.807) is 0 Å². The highest BCUT2D eigenvalue weighted by molar-refractivity contribution is 5.76. The lowest BCUT2D eigenvalue weighted by Gasteiger charge is -2.26. The van der Waals surface area contributed by atoms with E-state index >= 15 is 0 Å². The summed E-state index contributed by atoms with van der Waals surface area (Å²) in [6.45, 7) is 4.21. The molecule has 0 spiro atoms. The second-order valence-electron chi connectivity index (χ2n) is 23.0. The maximum Gasteiger partial charge on any atom is 0.220 e. The van der Waals surface area contributed by atoms with Gasteiger partial charge in [-0.05, 0) is 70.6 Å². The van der Waals surface area contributed by atoms with Gasteiger partial charge >= 0.3 is 0 Å². The molecule has 0 saturated heterocycles. The second kappa shape index (κ2) is 63.1. The number of allylic oxidation sites excluding steroid dienone is 6. The predicted molar refractivity (Wildman–Crippen MR) is 324 cm³/mol. The lowest BCUT2D eigenvalue weighted by molar-refractivity contribution is -0.124. The summed E-state index contributed by atoms with van der Waals surface area (Å²) in [6, 6.07) is -0.827. The molecule has 3 unspecified atom stereocenters. The molecule has 3 atom stereocenters. The molecule has 73 heavy (non-hydrogen) atoms. The molecule has 4 N–H and O–H groups in total. The third-order valence-electron chi connectivity index (χ3n) is 15.7. The summed E-state index contributed by atoms with van der Waals surface area (Å²) < 4.78 is 0. The van der Waals surface area contributed by atoms with Crippen molar-refractivity contribution < 1.29 is 20.1 Å². The topological polar surface area (TPSA) is 89.8 Å². The number of hydrogen-bond donors (Lipinski definition) is 4. The van der Waals surface area contributed by atoms with Crippen LogP contribution >= 0.6 is 0 Å². The Labute approximate surface area is 457 Å². The van der Waals surface area contributed by atoms with Crippen molar-refractivity contribution in [2.45, 2.75) is 385 Å². The lowest BCUT2D eigenvalue weighted by atomic mass is 10.0. The molecule has 0 aliphatic heterocycles. The Morgan fingerprint density at radius 2 is 0.589 bits per heavy atom. The van der Waals surface area contributed by atoms with Gasteiger partial charge in [0.2, 0.25) is 5.91 Å². The molecule has 0 aromatic carbocycles. The highest BCUT2D eigenvalue weighted by Gasteiger charge is 2.26. The molecule has 432 valence electrons. The monoisotopic (exact) mass is 1030 g/mol. The molecular weight excluding hydrogens is 895 g/mol. The molecule has 0 heterocycles. The van der Waals surface area contributed by atoms with E-state index in [1.807, 2.05) is 0 Å². The molecular formula is C68H131NO4. The number of rotatable bonds is 62. The fourth-order valence-electron chi connectivity index (χ4n) is 10.6. The van der Waals surface area contributed by atoms with E-state index < -0.39 is 18.2 Å². The van der Waals surface area contributed by atoms with Gasteiger partial charge < -0.3 is 20.6 Å². The number of carbonyl (C=O) groups excluding carboxylic acids is 1. The summed E-state index contributed by atoms with van der Waals surface area (Å²) in [6.07, 6.45) is 83.5. The number of nitrogens with one attached hydrogen (secondary N) is 1. The Morgan fingerprint density at radius 3 is 0.877 bits per heavy atom. The first-order valence-corrected chi connectivity index (χ1v) is 33.3. The number of carbonyl (C=O) groups is 1. The number of amides is 1. The minimum atomic E-state index is -1.16. The minimum absolute atomic E-state index is 0.148. The van der Waals surface area contributed by atoms with Gasteiger partial charge in [0.25, 0.3) is 0 Å². The third-order valence-corrected chi connectivity index (χ3v) is 15.7. The fraction of sp³-hybridized carbons (Fsp3) is 0.897. The molecule has 0 aromatic rings. The highest BCUT2D eigenvalue weighted by Crippen LogP contribution is 2.18.